The number of piperidine rings is 1. The van der Waals surface area contributed by atoms with Crippen LogP contribution in [0, 0.1) is 6.92 Å². The minimum Gasteiger partial charge on any atom is -0.323 e. The van der Waals surface area contributed by atoms with Gasteiger partial charge < -0.3 is 15.1 Å². The first-order valence-electron chi connectivity index (χ1n) is 6.96. The molecule has 1 aromatic rings. The lowest BCUT2D eigenvalue weighted by Crippen LogP contribution is -2.48. The molecule has 0 saturated carbocycles. The van der Waals surface area contributed by atoms with Gasteiger partial charge in [-0.05, 0) is 57.6 Å². The van der Waals surface area contributed by atoms with Crippen LogP contribution in [0.3, 0.4) is 0 Å². The molecule has 1 aliphatic rings. The van der Waals surface area contributed by atoms with Gasteiger partial charge in [-0.25, -0.2) is 4.79 Å². The molecule has 0 aromatic heterocycles. The molecule has 0 radical (unpaired) electrons. The second-order valence-corrected chi connectivity index (χ2v) is 6.03. The Bertz CT molecular complexity index is 490. The van der Waals surface area contributed by atoms with Crippen molar-refractivity contribution in [3.63, 3.8) is 0 Å². The summed E-state index contributed by atoms with van der Waals surface area (Å²) >= 11 is 5.93. The number of likely N-dealkylation sites (N-methyl/N-ethyl adjacent to an activating group) is 1. The van der Waals surface area contributed by atoms with Crippen molar-refractivity contribution in [1.82, 2.24) is 9.80 Å². The quantitative estimate of drug-likeness (QED) is 0.909. The van der Waals surface area contributed by atoms with Gasteiger partial charge in [0, 0.05) is 29.8 Å². The van der Waals surface area contributed by atoms with E-state index < -0.39 is 0 Å². The number of carbonyl (C=O) groups excluding carboxylic acids is 1. The number of benzene rings is 1. The molecule has 0 bridgehead atoms. The average Bonchev–Trinajstić information content (AvgIpc) is 2.42. The standard InChI is InChI=1S/C15H22ClN3O/c1-11-9-12(16)6-7-14(11)17-15(20)19-8-4-5-13(10-19)18(2)3/h6-7,9,13H,4-5,8,10H2,1-3H3,(H,17,20)/t13-/m0/s1. The largest absolute Gasteiger partial charge is 0.323 e. The van der Waals surface area contributed by atoms with Gasteiger partial charge in [0.15, 0.2) is 0 Å². The zero-order valence-electron chi connectivity index (χ0n) is 12.3. The number of hydrogen-bond donors (Lipinski definition) is 1. The van der Waals surface area contributed by atoms with E-state index in [0.29, 0.717) is 11.1 Å². The van der Waals surface area contributed by atoms with Gasteiger partial charge >= 0.3 is 6.03 Å². The Morgan fingerprint density at radius 2 is 2.20 bits per heavy atom. The monoisotopic (exact) mass is 295 g/mol. The van der Waals surface area contributed by atoms with Crippen LogP contribution in [0.25, 0.3) is 0 Å². The van der Waals surface area contributed by atoms with E-state index in [1.165, 1.54) is 0 Å². The number of nitrogens with zero attached hydrogens (tertiary/aromatic N) is 2. The van der Waals surface area contributed by atoms with Crippen LogP contribution in [0.2, 0.25) is 5.02 Å². The highest BCUT2D eigenvalue weighted by atomic mass is 35.5. The summed E-state index contributed by atoms with van der Waals surface area (Å²) in [5, 5.41) is 3.66. The van der Waals surface area contributed by atoms with E-state index >= 15 is 0 Å². The van der Waals surface area contributed by atoms with Crippen molar-refractivity contribution < 1.29 is 4.79 Å². The lowest BCUT2D eigenvalue weighted by Gasteiger charge is -2.36. The van der Waals surface area contributed by atoms with Crippen LogP contribution in [0.4, 0.5) is 10.5 Å². The summed E-state index contributed by atoms with van der Waals surface area (Å²) in [6, 6.07) is 5.92. The van der Waals surface area contributed by atoms with Crippen LogP contribution in [-0.2, 0) is 0 Å². The number of rotatable bonds is 2. The predicted octanol–water partition coefficient (Wildman–Crippen LogP) is 3.21. The fourth-order valence-electron chi connectivity index (χ4n) is 2.52. The number of amides is 2. The third-order valence-electron chi connectivity index (χ3n) is 3.84. The van der Waals surface area contributed by atoms with Gasteiger partial charge in [-0.2, -0.15) is 0 Å². The van der Waals surface area contributed by atoms with Crippen LogP contribution < -0.4 is 5.32 Å². The molecule has 0 spiro atoms. The molecule has 0 aliphatic carbocycles. The first kappa shape index (κ1) is 15.1. The maximum absolute atomic E-state index is 12.3. The molecule has 5 heteroatoms. The van der Waals surface area contributed by atoms with Crippen molar-refractivity contribution in [3.8, 4) is 0 Å². The topological polar surface area (TPSA) is 35.6 Å². The lowest BCUT2D eigenvalue weighted by atomic mass is 10.1. The van der Waals surface area contributed by atoms with Gasteiger partial charge in [-0.3, -0.25) is 0 Å². The molecule has 0 unspecified atom stereocenters. The maximum Gasteiger partial charge on any atom is 0.321 e. The molecule has 1 fully saturated rings. The van der Waals surface area contributed by atoms with Crippen LogP contribution in [0.1, 0.15) is 18.4 Å². The number of aryl methyl sites for hydroxylation is 1. The highest BCUT2D eigenvalue weighted by Gasteiger charge is 2.24. The summed E-state index contributed by atoms with van der Waals surface area (Å²) < 4.78 is 0. The number of anilines is 1. The van der Waals surface area contributed by atoms with Crippen LogP contribution in [-0.4, -0.2) is 49.1 Å². The van der Waals surface area contributed by atoms with E-state index in [1.807, 2.05) is 24.0 Å². The van der Waals surface area contributed by atoms with Crippen LogP contribution in [0.5, 0.6) is 0 Å². The highest BCUT2D eigenvalue weighted by molar-refractivity contribution is 6.30. The second-order valence-electron chi connectivity index (χ2n) is 5.60. The Morgan fingerprint density at radius 3 is 2.85 bits per heavy atom. The highest BCUT2D eigenvalue weighted by Crippen LogP contribution is 2.21. The van der Waals surface area contributed by atoms with E-state index in [1.54, 1.807) is 6.07 Å². The van der Waals surface area contributed by atoms with Gasteiger partial charge in [0.2, 0.25) is 0 Å². The smallest absolute Gasteiger partial charge is 0.321 e. The zero-order chi connectivity index (χ0) is 14.7. The number of hydrogen-bond acceptors (Lipinski definition) is 2. The Balaban J connectivity index is 2.00. The molecule has 110 valence electrons. The van der Waals surface area contributed by atoms with Crippen LogP contribution in [0.15, 0.2) is 18.2 Å². The first-order valence-corrected chi connectivity index (χ1v) is 7.33. The van der Waals surface area contributed by atoms with Crippen molar-refractivity contribution in [1.29, 1.82) is 0 Å². The number of halogens is 1. The molecular weight excluding hydrogens is 274 g/mol. The fourth-order valence-corrected chi connectivity index (χ4v) is 2.75. The molecule has 1 aliphatic heterocycles. The average molecular weight is 296 g/mol. The molecule has 4 nitrogen and oxygen atoms in total. The minimum absolute atomic E-state index is 0.0260. The van der Waals surface area contributed by atoms with Crippen molar-refractivity contribution in [2.75, 3.05) is 32.5 Å². The number of likely N-dealkylation sites (tertiary alicyclic amines) is 1. The van der Waals surface area contributed by atoms with Crippen molar-refractivity contribution in [2.24, 2.45) is 0 Å². The predicted molar refractivity (Wildman–Crippen MR) is 83.5 cm³/mol. The SMILES string of the molecule is Cc1cc(Cl)ccc1NC(=O)N1CCC[C@H](N(C)C)C1. The van der Waals surface area contributed by atoms with E-state index in [2.05, 4.69) is 24.3 Å². The van der Waals surface area contributed by atoms with Gasteiger partial charge in [-0.1, -0.05) is 11.6 Å². The Labute approximate surface area is 125 Å². The normalized spacial score (nSPS) is 19.2. The van der Waals surface area contributed by atoms with Gasteiger partial charge in [-0.15, -0.1) is 0 Å². The maximum atomic E-state index is 12.3. The summed E-state index contributed by atoms with van der Waals surface area (Å²) in [7, 11) is 4.13. The summed E-state index contributed by atoms with van der Waals surface area (Å²) in [6.07, 6.45) is 2.20. The molecule has 2 rings (SSSR count). The molecule has 1 atom stereocenters. The number of urea groups is 1. The molecule has 2 amide bonds. The van der Waals surface area contributed by atoms with E-state index in [9.17, 15) is 4.79 Å². The third-order valence-corrected chi connectivity index (χ3v) is 4.08. The zero-order valence-corrected chi connectivity index (χ0v) is 13.1. The third kappa shape index (κ3) is 3.64. The van der Waals surface area contributed by atoms with Gasteiger partial charge in [0.25, 0.3) is 0 Å². The van der Waals surface area contributed by atoms with Crippen molar-refractivity contribution >= 4 is 23.3 Å². The summed E-state index contributed by atoms with van der Waals surface area (Å²) in [5.74, 6) is 0. The van der Waals surface area contributed by atoms with E-state index in [4.69, 9.17) is 11.6 Å². The first-order chi connectivity index (χ1) is 9.47. The Morgan fingerprint density at radius 1 is 1.45 bits per heavy atom. The summed E-state index contributed by atoms with van der Waals surface area (Å²) in [5.41, 5.74) is 1.80. The number of carbonyl (C=O) groups is 1. The molecule has 1 aromatic carbocycles. The Kier molecular flexibility index (Phi) is 4.89. The lowest BCUT2D eigenvalue weighted by molar-refractivity contribution is 0.148. The fraction of sp³-hybridized carbons (Fsp3) is 0.533. The molecule has 1 N–H and O–H groups in total. The molecule has 1 saturated heterocycles. The van der Waals surface area contributed by atoms with E-state index in [-0.39, 0.29) is 6.03 Å². The van der Waals surface area contributed by atoms with Crippen molar-refractivity contribution in [3.05, 3.63) is 28.8 Å². The molecule has 1 heterocycles. The van der Waals surface area contributed by atoms with E-state index in [0.717, 1.165) is 37.2 Å². The minimum atomic E-state index is -0.0260. The number of nitrogens with one attached hydrogen (secondary N) is 1. The Hall–Kier alpha value is -1.26. The second kappa shape index (κ2) is 6.46. The summed E-state index contributed by atoms with van der Waals surface area (Å²) in [6.45, 7) is 3.55. The van der Waals surface area contributed by atoms with Crippen molar-refractivity contribution in [2.45, 2.75) is 25.8 Å². The summed E-state index contributed by atoms with van der Waals surface area (Å²) in [4.78, 5) is 16.4. The molecular formula is C15H22ClN3O. The van der Waals surface area contributed by atoms with Gasteiger partial charge in [0.1, 0.15) is 0 Å². The molecule has 20 heavy (non-hydrogen) atoms. The van der Waals surface area contributed by atoms with Crippen LogP contribution >= 0.6 is 11.6 Å². The van der Waals surface area contributed by atoms with Gasteiger partial charge in [0.05, 0.1) is 0 Å².